The molecule has 1 amide bonds. The zero-order valence-electron chi connectivity index (χ0n) is 14.4. The van der Waals surface area contributed by atoms with Crippen LogP contribution in [-0.2, 0) is 4.74 Å². The molecule has 3 aromatic rings. The van der Waals surface area contributed by atoms with Crippen LogP contribution in [0.1, 0.15) is 27.7 Å². The maximum absolute atomic E-state index is 13.3. The highest BCUT2D eigenvalue weighted by atomic mass is 79.9. The standard InChI is InChI=1S/C20H15Br2NO4/c1-26-8-7-23-17(11-3-2-4-12(21)9-11)16-18(24)14-10-13(22)5-6-15(14)27-19(16)20(23)25/h2-6,9-10,17H,7-8H2,1H3. The normalized spacial score (nSPS) is 16.2. The van der Waals surface area contributed by atoms with Gasteiger partial charge in [0.1, 0.15) is 5.58 Å². The van der Waals surface area contributed by atoms with Gasteiger partial charge in [-0.3, -0.25) is 9.59 Å². The quantitative estimate of drug-likeness (QED) is 0.537. The third-order valence-electron chi connectivity index (χ3n) is 4.63. The van der Waals surface area contributed by atoms with Crippen LogP contribution in [0.2, 0.25) is 0 Å². The fourth-order valence-corrected chi connectivity index (χ4v) is 4.21. The van der Waals surface area contributed by atoms with Crippen LogP contribution in [0, 0.1) is 0 Å². The monoisotopic (exact) mass is 491 g/mol. The Labute approximate surface area is 172 Å². The van der Waals surface area contributed by atoms with Crippen molar-refractivity contribution in [1.29, 1.82) is 0 Å². The van der Waals surface area contributed by atoms with E-state index >= 15 is 0 Å². The Kier molecular flexibility index (Phi) is 4.92. The van der Waals surface area contributed by atoms with Crippen molar-refractivity contribution in [1.82, 2.24) is 4.90 Å². The molecule has 0 bridgehead atoms. The van der Waals surface area contributed by atoms with Crippen molar-refractivity contribution in [3.8, 4) is 0 Å². The lowest BCUT2D eigenvalue weighted by Gasteiger charge is -2.24. The Balaban J connectivity index is 1.99. The number of ether oxygens (including phenoxy) is 1. The van der Waals surface area contributed by atoms with Gasteiger partial charge in [0.05, 0.1) is 23.6 Å². The van der Waals surface area contributed by atoms with Crippen molar-refractivity contribution in [2.75, 3.05) is 20.3 Å². The van der Waals surface area contributed by atoms with Crippen LogP contribution in [0.3, 0.4) is 0 Å². The number of carbonyl (C=O) groups is 1. The van der Waals surface area contributed by atoms with Crippen LogP contribution >= 0.6 is 31.9 Å². The molecule has 27 heavy (non-hydrogen) atoms. The Morgan fingerprint density at radius 2 is 1.89 bits per heavy atom. The molecular weight excluding hydrogens is 478 g/mol. The van der Waals surface area contributed by atoms with Gasteiger partial charge in [0.25, 0.3) is 5.91 Å². The van der Waals surface area contributed by atoms with E-state index in [0.717, 1.165) is 14.5 Å². The molecule has 2 heterocycles. The number of methoxy groups -OCH3 is 1. The molecule has 1 atom stereocenters. The minimum absolute atomic E-state index is 0.107. The molecule has 138 valence electrons. The van der Waals surface area contributed by atoms with Gasteiger partial charge in [0, 0.05) is 22.6 Å². The molecule has 7 heteroatoms. The van der Waals surface area contributed by atoms with E-state index in [0.29, 0.717) is 29.7 Å². The van der Waals surface area contributed by atoms with Gasteiger partial charge in [0.2, 0.25) is 5.76 Å². The highest BCUT2D eigenvalue weighted by Crippen LogP contribution is 2.38. The summed E-state index contributed by atoms with van der Waals surface area (Å²) in [6.45, 7) is 0.722. The summed E-state index contributed by atoms with van der Waals surface area (Å²) in [6.07, 6.45) is 0. The smallest absolute Gasteiger partial charge is 0.290 e. The summed E-state index contributed by atoms with van der Waals surface area (Å²) in [5.41, 5.74) is 1.43. The maximum atomic E-state index is 13.3. The van der Waals surface area contributed by atoms with E-state index in [1.54, 1.807) is 30.2 Å². The number of carbonyl (C=O) groups excluding carboxylic acids is 1. The van der Waals surface area contributed by atoms with Crippen molar-refractivity contribution in [2.45, 2.75) is 6.04 Å². The topological polar surface area (TPSA) is 59.8 Å². The highest BCUT2D eigenvalue weighted by molar-refractivity contribution is 9.10. The molecule has 1 aliphatic heterocycles. The van der Waals surface area contributed by atoms with E-state index in [1.807, 2.05) is 24.3 Å². The fourth-order valence-electron chi connectivity index (χ4n) is 3.44. The lowest BCUT2D eigenvalue weighted by Crippen LogP contribution is -2.32. The van der Waals surface area contributed by atoms with Crippen molar-refractivity contribution in [3.05, 3.63) is 78.5 Å². The molecule has 5 nitrogen and oxygen atoms in total. The minimum atomic E-state index is -0.514. The molecule has 1 aliphatic rings. The van der Waals surface area contributed by atoms with Gasteiger partial charge < -0.3 is 14.1 Å². The zero-order chi connectivity index (χ0) is 19.1. The summed E-state index contributed by atoms with van der Waals surface area (Å²) < 4.78 is 12.7. The van der Waals surface area contributed by atoms with Crippen molar-refractivity contribution in [3.63, 3.8) is 0 Å². The van der Waals surface area contributed by atoms with Crippen LogP contribution < -0.4 is 5.43 Å². The molecule has 0 spiro atoms. The molecule has 0 saturated heterocycles. The number of halogens is 2. The van der Waals surface area contributed by atoms with E-state index in [4.69, 9.17) is 9.15 Å². The maximum Gasteiger partial charge on any atom is 0.290 e. The van der Waals surface area contributed by atoms with Gasteiger partial charge >= 0.3 is 0 Å². The Morgan fingerprint density at radius 3 is 2.63 bits per heavy atom. The second-order valence-electron chi connectivity index (χ2n) is 6.26. The number of benzene rings is 2. The second-order valence-corrected chi connectivity index (χ2v) is 8.09. The summed E-state index contributed by atoms with van der Waals surface area (Å²) in [6, 6.07) is 12.3. The molecule has 2 aromatic carbocycles. The van der Waals surface area contributed by atoms with Crippen molar-refractivity contribution < 1.29 is 13.9 Å². The largest absolute Gasteiger partial charge is 0.450 e. The molecular formula is C20H15Br2NO4. The van der Waals surface area contributed by atoms with Crippen molar-refractivity contribution >= 4 is 48.7 Å². The molecule has 0 fully saturated rings. The van der Waals surface area contributed by atoms with Crippen LogP contribution in [0.25, 0.3) is 11.0 Å². The molecule has 4 rings (SSSR count). The van der Waals surface area contributed by atoms with Gasteiger partial charge in [0.15, 0.2) is 5.43 Å². The predicted molar refractivity (Wildman–Crippen MR) is 109 cm³/mol. The van der Waals surface area contributed by atoms with Crippen LogP contribution in [0.5, 0.6) is 0 Å². The van der Waals surface area contributed by atoms with Gasteiger partial charge in [-0.2, -0.15) is 0 Å². The third kappa shape index (κ3) is 3.13. The van der Waals surface area contributed by atoms with Crippen LogP contribution in [0.4, 0.5) is 0 Å². The summed E-state index contributed by atoms with van der Waals surface area (Å²) in [5.74, 6) is -0.190. The molecule has 0 aliphatic carbocycles. The first-order valence-electron chi connectivity index (χ1n) is 8.33. The number of hydrogen-bond acceptors (Lipinski definition) is 4. The van der Waals surface area contributed by atoms with Crippen LogP contribution in [0.15, 0.2) is 60.6 Å². The van der Waals surface area contributed by atoms with E-state index < -0.39 is 6.04 Å². The first-order valence-corrected chi connectivity index (χ1v) is 9.91. The molecule has 0 radical (unpaired) electrons. The summed E-state index contributed by atoms with van der Waals surface area (Å²) in [5, 5.41) is 0.449. The highest BCUT2D eigenvalue weighted by Gasteiger charge is 2.42. The first-order chi connectivity index (χ1) is 13.0. The molecule has 0 saturated carbocycles. The van der Waals surface area contributed by atoms with Gasteiger partial charge in [-0.1, -0.05) is 44.0 Å². The Hall–Kier alpha value is -1.96. The van der Waals surface area contributed by atoms with Gasteiger partial charge in [-0.15, -0.1) is 0 Å². The average Bonchev–Trinajstić information content (AvgIpc) is 2.93. The van der Waals surface area contributed by atoms with Crippen LogP contribution in [-0.4, -0.2) is 31.1 Å². The lowest BCUT2D eigenvalue weighted by molar-refractivity contribution is 0.0663. The Morgan fingerprint density at radius 1 is 1.11 bits per heavy atom. The van der Waals surface area contributed by atoms with Gasteiger partial charge in [-0.05, 0) is 35.9 Å². The Bertz CT molecular complexity index is 1110. The number of nitrogens with zero attached hydrogens (tertiary/aromatic N) is 1. The molecule has 0 N–H and O–H groups in total. The summed E-state index contributed by atoms with van der Waals surface area (Å²) in [4.78, 5) is 28.0. The van der Waals surface area contributed by atoms with E-state index in [-0.39, 0.29) is 17.1 Å². The predicted octanol–water partition coefficient (Wildman–Crippen LogP) is 4.51. The first kappa shape index (κ1) is 18.4. The summed E-state index contributed by atoms with van der Waals surface area (Å²) in [7, 11) is 1.58. The minimum Gasteiger partial charge on any atom is -0.450 e. The summed E-state index contributed by atoms with van der Waals surface area (Å²) >= 11 is 6.86. The van der Waals surface area contributed by atoms with Gasteiger partial charge in [-0.25, -0.2) is 0 Å². The number of fused-ring (bicyclic) bond motifs is 2. The number of amides is 1. The number of hydrogen-bond donors (Lipinski definition) is 0. The van der Waals surface area contributed by atoms with E-state index in [9.17, 15) is 9.59 Å². The van der Waals surface area contributed by atoms with E-state index in [1.165, 1.54) is 0 Å². The number of rotatable bonds is 4. The fraction of sp³-hybridized carbons (Fsp3) is 0.200. The third-order valence-corrected chi connectivity index (χ3v) is 5.61. The second kappa shape index (κ2) is 7.22. The SMILES string of the molecule is COCCN1C(=O)c2oc3ccc(Br)cc3c(=O)c2C1c1cccc(Br)c1. The molecule has 1 aromatic heterocycles. The lowest BCUT2D eigenvalue weighted by atomic mass is 9.98. The van der Waals surface area contributed by atoms with E-state index in [2.05, 4.69) is 31.9 Å². The zero-order valence-corrected chi connectivity index (χ0v) is 17.5. The van der Waals surface area contributed by atoms with Crippen molar-refractivity contribution in [2.24, 2.45) is 0 Å². The molecule has 1 unspecified atom stereocenters. The average molecular weight is 493 g/mol.